The first kappa shape index (κ1) is 19.8. The van der Waals surface area contributed by atoms with Crippen molar-refractivity contribution in [2.75, 3.05) is 33.3 Å². The van der Waals surface area contributed by atoms with Crippen LogP contribution in [0, 0.1) is 5.92 Å². The van der Waals surface area contributed by atoms with E-state index in [1.165, 1.54) is 28.4 Å². The zero-order chi connectivity index (χ0) is 19.6. The van der Waals surface area contributed by atoms with Crippen LogP contribution < -0.4 is 0 Å². The van der Waals surface area contributed by atoms with E-state index in [9.17, 15) is 23.1 Å². The lowest BCUT2D eigenvalue weighted by Crippen LogP contribution is -2.43. The molecule has 1 N–H and O–H groups in total. The number of rotatable bonds is 5. The molecular formula is C17H24N2O7S. The smallest absolute Gasteiger partial charge is 0.334 e. The second-order valence-electron chi connectivity index (χ2n) is 6.83. The topological polar surface area (TPSA) is 117 Å². The van der Waals surface area contributed by atoms with Crippen LogP contribution in [0.2, 0.25) is 0 Å². The lowest BCUT2D eigenvalue weighted by Gasteiger charge is -2.32. The van der Waals surface area contributed by atoms with Gasteiger partial charge in [-0.2, -0.15) is 4.31 Å². The number of methoxy groups -OCH3 is 1. The molecule has 10 heteroatoms. The number of furan rings is 1. The fraction of sp³-hybridized carbons (Fsp3) is 0.647. The lowest BCUT2D eigenvalue weighted by molar-refractivity contribution is -0.154. The van der Waals surface area contributed by atoms with Crippen LogP contribution in [0.3, 0.4) is 0 Å². The summed E-state index contributed by atoms with van der Waals surface area (Å²) in [5.41, 5.74) is 0. The fourth-order valence-corrected chi connectivity index (χ4v) is 4.95. The average Bonchev–Trinajstić information content (AvgIpc) is 3.38. The number of ether oxygens (including phenoxy) is 1. The maximum atomic E-state index is 12.6. The molecule has 3 rings (SSSR count). The minimum atomic E-state index is -3.70. The van der Waals surface area contributed by atoms with Crippen molar-refractivity contribution in [2.24, 2.45) is 5.92 Å². The zero-order valence-electron chi connectivity index (χ0n) is 15.2. The van der Waals surface area contributed by atoms with Gasteiger partial charge in [0.2, 0.25) is 5.09 Å². The molecule has 0 radical (unpaired) electrons. The largest absolute Gasteiger partial charge is 0.467 e. The molecule has 9 nitrogen and oxygen atoms in total. The highest BCUT2D eigenvalue weighted by Gasteiger charge is 2.34. The van der Waals surface area contributed by atoms with E-state index in [0.717, 1.165) is 12.8 Å². The molecule has 150 valence electrons. The summed E-state index contributed by atoms with van der Waals surface area (Å²) in [6.45, 7) is 1.60. The highest BCUT2D eigenvalue weighted by molar-refractivity contribution is 7.89. The highest BCUT2D eigenvalue weighted by Crippen LogP contribution is 2.26. The van der Waals surface area contributed by atoms with Crippen molar-refractivity contribution in [3.8, 4) is 0 Å². The van der Waals surface area contributed by atoms with Gasteiger partial charge >= 0.3 is 5.97 Å². The van der Waals surface area contributed by atoms with E-state index in [0.29, 0.717) is 39.0 Å². The van der Waals surface area contributed by atoms with Gasteiger partial charge in [0.25, 0.3) is 15.9 Å². The quantitative estimate of drug-likeness (QED) is 0.713. The second-order valence-corrected chi connectivity index (χ2v) is 8.70. The summed E-state index contributed by atoms with van der Waals surface area (Å²) in [7, 11) is -2.49. The van der Waals surface area contributed by atoms with Crippen molar-refractivity contribution in [1.29, 1.82) is 0 Å². The Bertz CT molecular complexity index is 790. The van der Waals surface area contributed by atoms with Crippen LogP contribution in [-0.2, 0) is 19.6 Å². The van der Waals surface area contributed by atoms with E-state index < -0.39 is 28.0 Å². The number of likely N-dealkylation sites (tertiary alicyclic amines) is 1. The number of amides is 1. The Morgan fingerprint density at radius 2 is 1.81 bits per heavy atom. The molecule has 27 heavy (non-hydrogen) atoms. The molecule has 0 spiro atoms. The Hall–Kier alpha value is -1.91. The van der Waals surface area contributed by atoms with Gasteiger partial charge in [-0.1, -0.05) is 0 Å². The number of carbonyl (C=O) groups is 2. The van der Waals surface area contributed by atoms with Crippen LogP contribution >= 0.6 is 0 Å². The molecule has 0 aliphatic carbocycles. The van der Waals surface area contributed by atoms with E-state index in [2.05, 4.69) is 4.74 Å². The van der Waals surface area contributed by atoms with E-state index in [-0.39, 0.29) is 16.8 Å². The number of aliphatic hydroxyl groups is 1. The van der Waals surface area contributed by atoms with Gasteiger partial charge in [-0.3, -0.25) is 4.79 Å². The number of piperidine rings is 1. The van der Waals surface area contributed by atoms with E-state index in [1.54, 1.807) is 0 Å². The van der Waals surface area contributed by atoms with Crippen LogP contribution in [0.15, 0.2) is 21.6 Å². The number of nitrogens with zero attached hydrogens (tertiary/aromatic N) is 2. The summed E-state index contributed by atoms with van der Waals surface area (Å²) >= 11 is 0. The lowest BCUT2D eigenvalue weighted by atomic mass is 9.91. The molecule has 2 aliphatic heterocycles. The first-order valence-electron chi connectivity index (χ1n) is 8.99. The molecule has 2 saturated heterocycles. The van der Waals surface area contributed by atoms with Gasteiger partial charge in [-0.05, 0) is 43.7 Å². The van der Waals surface area contributed by atoms with Crippen LogP contribution in [0.25, 0.3) is 0 Å². The van der Waals surface area contributed by atoms with Crippen molar-refractivity contribution in [2.45, 2.75) is 36.9 Å². The third kappa shape index (κ3) is 4.02. The molecule has 0 unspecified atom stereocenters. The minimum Gasteiger partial charge on any atom is -0.467 e. The number of hydrogen-bond donors (Lipinski definition) is 1. The van der Waals surface area contributed by atoms with Crippen LogP contribution in [0.4, 0.5) is 0 Å². The molecule has 0 aromatic carbocycles. The van der Waals surface area contributed by atoms with Gasteiger partial charge in [0.15, 0.2) is 11.9 Å². The predicted molar refractivity (Wildman–Crippen MR) is 93.4 cm³/mol. The van der Waals surface area contributed by atoms with Crippen molar-refractivity contribution < 1.29 is 32.3 Å². The number of hydrogen-bond acceptors (Lipinski definition) is 7. The van der Waals surface area contributed by atoms with Gasteiger partial charge in [0.05, 0.1) is 7.11 Å². The Kier molecular flexibility index (Phi) is 5.87. The molecule has 2 aliphatic rings. The monoisotopic (exact) mass is 400 g/mol. The van der Waals surface area contributed by atoms with Gasteiger partial charge in [0.1, 0.15) is 0 Å². The molecule has 1 atom stereocenters. The van der Waals surface area contributed by atoms with E-state index >= 15 is 0 Å². The molecule has 0 bridgehead atoms. The molecule has 0 saturated carbocycles. The van der Waals surface area contributed by atoms with Crippen molar-refractivity contribution in [1.82, 2.24) is 9.21 Å². The van der Waals surface area contributed by atoms with Crippen LogP contribution in [-0.4, -0.2) is 74.0 Å². The normalized spacial score (nSPS) is 20.6. The SMILES string of the molecule is COC(=O)[C@@H](O)C1CCN(C(=O)c2ccc(S(=O)(=O)N3CCCC3)o2)CC1. The van der Waals surface area contributed by atoms with Gasteiger partial charge < -0.3 is 19.2 Å². The molecule has 1 aromatic rings. The molecule has 1 amide bonds. The van der Waals surface area contributed by atoms with Crippen molar-refractivity contribution in [3.63, 3.8) is 0 Å². The standard InChI is InChI=1S/C17H24N2O7S/c1-25-17(22)15(20)12-6-10-18(11-7-12)16(21)13-4-5-14(26-13)27(23,24)19-8-2-3-9-19/h4-5,12,15,20H,2-3,6-11H2,1H3/t15-/m0/s1. The molecule has 2 fully saturated rings. The maximum absolute atomic E-state index is 12.6. The zero-order valence-corrected chi connectivity index (χ0v) is 16.0. The van der Waals surface area contributed by atoms with Crippen LogP contribution in [0.1, 0.15) is 36.2 Å². The highest BCUT2D eigenvalue weighted by atomic mass is 32.2. The average molecular weight is 400 g/mol. The maximum Gasteiger partial charge on any atom is 0.334 e. The minimum absolute atomic E-state index is 0.0280. The summed E-state index contributed by atoms with van der Waals surface area (Å²) < 4.78 is 36.2. The third-order valence-corrected chi connectivity index (χ3v) is 6.94. The molecular weight excluding hydrogens is 376 g/mol. The van der Waals surface area contributed by atoms with Crippen molar-refractivity contribution in [3.05, 3.63) is 17.9 Å². The van der Waals surface area contributed by atoms with E-state index in [4.69, 9.17) is 4.42 Å². The van der Waals surface area contributed by atoms with Gasteiger partial charge in [-0.15, -0.1) is 0 Å². The fourth-order valence-electron chi connectivity index (χ4n) is 3.52. The van der Waals surface area contributed by atoms with Crippen LogP contribution in [0.5, 0.6) is 0 Å². The molecule has 3 heterocycles. The summed E-state index contributed by atoms with van der Waals surface area (Å²) in [5.74, 6) is -1.38. The number of carbonyl (C=O) groups excluding carboxylic acids is 2. The van der Waals surface area contributed by atoms with E-state index in [1.807, 2.05) is 0 Å². The summed E-state index contributed by atoms with van der Waals surface area (Å²) in [4.78, 5) is 25.6. The first-order valence-corrected chi connectivity index (χ1v) is 10.4. The van der Waals surface area contributed by atoms with Gasteiger partial charge in [0, 0.05) is 26.2 Å². The Balaban J connectivity index is 1.63. The number of aliphatic hydroxyl groups excluding tert-OH is 1. The van der Waals surface area contributed by atoms with Crippen molar-refractivity contribution >= 4 is 21.9 Å². The molecule has 1 aromatic heterocycles. The number of sulfonamides is 1. The summed E-state index contributed by atoms with van der Waals surface area (Å²) in [6.07, 6.45) is 1.33. The Morgan fingerprint density at radius 3 is 2.41 bits per heavy atom. The third-order valence-electron chi connectivity index (χ3n) is 5.17. The number of esters is 1. The predicted octanol–water partition coefficient (Wildman–Crippen LogP) is 0.450. The summed E-state index contributed by atoms with van der Waals surface area (Å²) in [6, 6.07) is 2.69. The Labute approximate surface area is 157 Å². The first-order chi connectivity index (χ1) is 12.8. The van der Waals surface area contributed by atoms with Gasteiger partial charge in [-0.25, -0.2) is 13.2 Å². The summed E-state index contributed by atoms with van der Waals surface area (Å²) in [5, 5.41) is 9.69. The Morgan fingerprint density at radius 1 is 1.19 bits per heavy atom. The second kappa shape index (κ2) is 7.99.